The maximum atomic E-state index is 12.2. The lowest BCUT2D eigenvalue weighted by Crippen LogP contribution is -2.45. The van der Waals surface area contributed by atoms with Gasteiger partial charge in [0.15, 0.2) is 0 Å². The summed E-state index contributed by atoms with van der Waals surface area (Å²) in [4.78, 5) is 14.6. The molecule has 4 heteroatoms. The second-order valence-electron chi connectivity index (χ2n) is 6.50. The first-order valence-electron chi connectivity index (χ1n) is 8.26. The van der Waals surface area contributed by atoms with Gasteiger partial charge < -0.3 is 5.32 Å². The van der Waals surface area contributed by atoms with E-state index in [0.29, 0.717) is 11.6 Å². The molecule has 1 heterocycles. The summed E-state index contributed by atoms with van der Waals surface area (Å²) < 4.78 is 0. The number of hydrogen-bond donors (Lipinski definition) is 1. The van der Waals surface area contributed by atoms with E-state index in [1.807, 2.05) is 18.2 Å². The Morgan fingerprint density at radius 1 is 1.27 bits per heavy atom. The Hall–Kier alpha value is -1.86. The Bertz CT molecular complexity index is 566. The van der Waals surface area contributed by atoms with Gasteiger partial charge in [0.2, 0.25) is 5.91 Å². The van der Waals surface area contributed by atoms with Gasteiger partial charge in [0.1, 0.15) is 0 Å². The highest BCUT2D eigenvalue weighted by Gasteiger charge is 2.28. The predicted octanol–water partition coefficient (Wildman–Crippen LogP) is 2.44. The van der Waals surface area contributed by atoms with Gasteiger partial charge in [0.25, 0.3) is 0 Å². The van der Waals surface area contributed by atoms with E-state index in [9.17, 15) is 4.79 Å². The van der Waals surface area contributed by atoms with Crippen LogP contribution in [-0.2, 0) is 11.3 Å². The molecule has 1 aliphatic heterocycles. The number of hydrogen-bond acceptors (Lipinski definition) is 3. The average molecular weight is 297 g/mol. The first-order chi connectivity index (χ1) is 10.7. The SMILES string of the molecule is N#Cc1cccc(CN2CCC(C(=O)NC3CCC3)CC2)c1. The minimum atomic E-state index is 0.183. The number of carbonyl (C=O) groups excluding carboxylic acids is 1. The molecule has 1 aliphatic carbocycles. The van der Waals surface area contributed by atoms with Crippen molar-refractivity contribution in [2.45, 2.75) is 44.7 Å². The Morgan fingerprint density at radius 2 is 2.05 bits per heavy atom. The molecule has 4 nitrogen and oxygen atoms in total. The molecule has 0 atom stereocenters. The summed E-state index contributed by atoms with van der Waals surface area (Å²) in [6, 6.07) is 10.4. The van der Waals surface area contributed by atoms with Crippen molar-refractivity contribution in [1.82, 2.24) is 10.2 Å². The maximum absolute atomic E-state index is 12.2. The van der Waals surface area contributed by atoms with Crippen LogP contribution >= 0.6 is 0 Å². The molecule has 22 heavy (non-hydrogen) atoms. The molecule has 116 valence electrons. The highest BCUT2D eigenvalue weighted by Crippen LogP contribution is 2.22. The van der Waals surface area contributed by atoms with E-state index in [-0.39, 0.29) is 11.8 Å². The quantitative estimate of drug-likeness (QED) is 0.928. The van der Waals surface area contributed by atoms with Crippen LogP contribution in [0.5, 0.6) is 0 Å². The first kappa shape index (κ1) is 15.1. The number of amides is 1. The van der Waals surface area contributed by atoms with Crippen LogP contribution in [-0.4, -0.2) is 29.9 Å². The van der Waals surface area contributed by atoms with Crippen molar-refractivity contribution < 1.29 is 4.79 Å². The van der Waals surface area contributed by atoms with Crippen LogP contribution in [0.3, 0.4) is 0 Å². The third kappa shape index (κ3) is 3.66. The number of piperidine rings is 1. The van der Waals surface area contributed by atoms with Crippen LogP contribution in [0.25, 0.3) is 0 Å². The van der Waals surface area contributed by atoms with Gasteiger partial charge in [-0.25, -0.2) is 0 Å². The monoisotopic (exact) mass is 297 g/mol. The van der Waals surface area contributed by atoms with Crippen LogP contribution in [0.1, 0.15) is 43.2 Å². The lowest BCUT2D eigenvalue weighted by Gasteiger charge is -2.33. The van der Waals surface area contributed by atoms with E-state index in [4.69, 9.17) is 5.26 Å². The highest BCUT2D eigenvalue weighted by atomic mass is 16.1. The third-order valence-electron chi connectivity index (χ3n) is 4.87. The zero-order chi connectivity index (χ0) is 15.4. The van der Waals surface area contributed by atoms with Crippen LogP contribution in [0, 0.1) is 17.2 Å². The summed E-state index contributed by atoms with van der Waals surface area (Å²) in [5, 5.41) is 12.1. The van der Waals surface area contributed by atoms with Crippen LogP contribution in [0.15, 0.2) is 24.3 Å². The van der Waals surface area contributed by atoms with E-state index in [1.54, 1.807) is 0 Å². The highest BCUT2D eigenvalue weighted by molar-refractivity contribution is 5.79. The number of nitrogens with one attached hydrogen (secondary N) is 1. The standard InChI is InChI=1S/C18H23N3O/c19-12-14-3-1-4-15(11-14)13-21-9-7-16(8-10-21)18(22)20-17-5-2-6-17/h1,3-4,11,16-17H,2,5-10,13H2,(H,20,22). The molecule has 1 saturated carbocycles. The molecule has 0 aromatic heterocycles. The van der Waals surface area contributed by atoms with Gasteiger partial charge in [-0.05, 0) is 62.9 Å². The summed E-state index contributed by atoms with van der Waals surface area (Å²) in [5.41, 5.74) is 1.89. The van der Waals surface area contributed by atoms with Crippen LogP contribution in [0.2, 0.25) is 0 Å². The first-order valence-corrected chi connectivity index (χ1v) is 8.26. The molecular weight excluding hydrogens is 274 g/mol. The van der Waals surface area contributed by atoms with E-state index in [1.165, 1.54) is 12.0 Å². The second-order valence-corrected chi connectivity index (χ2v) is 6.50. The van der Waals surface area contributed by atoms with E-state index in [2.05, 4.69) is 22.4 Å². The number of nitriles is 1. The molecule has 1 N–H and O–H groups in total. The van der Waals surface area contributed by atoms with Crippen LogP contribution < -0.4 is 5.32 Å². The molecular formula is C18H23N3O. The summed E-state index contributed by atoms with van der Waals surface area (Å²) >= 11 is 0. The largest absolute Gasteiger partial charge is 0.353 e. The van der Waals surface area contributed by atoms with Gasteiger partial charge in [-0.3, -0.25) is 9.69 Å². The summed E-state index contributed by atoms with van der Waals surface area (Å²) in [6.45, 7) is 2.78. The third-order valence-corrected chi connectivity index (χ3v) is 4.87. The fourth-order valence-corrected chi connectivity index (χ4v) is 3.22. The van der Waals surface area contributed by atoms with Crippen molar-refractivity contribution in [3.05, 3.63) is 35.4 Å². The fourth-order valence-electron chi connectivity index (χ4n) is 3.22. The van der Waals surface area contributed by atoms with E-state index >= 15 is 0 Å². The molecule has 2 aliphatic rings. The minimum absolute atomic E-state index is 0.183. The Morgan fingerprint density at radius 3 is 2.68 bits per heavy atom. The van der Waals surface area contributed by atoms with E-state index in [0.717, 1.165) is 45.3 Å². The number of carbonyl (C=O) groups is 1. The number of rotatable bonds is 4. The summed E-state index contributed by atoms with van der Waals surface area (Å²) in [5.74, 6) is 0.443. The normalized spacial score (nSPS) is 20.1. The zero-order valence-corrected chi connectivity index (χ0v) is 12.9. The summed E-state index contributed by atoms with van der Waals surface area (Å²) in [7, 11) is 0. The topological polar surface area (TPSA) is 56.1 Å². The Kier molecular flexibility index (Phi) is 4.74. The molecule has 1 aromatic carbocycles. The van der Waals surface area contributed by atoms with Crippen molar-refractivity contribution in [2.75, 3.05) is 13.1 Å². The lowest BCUT2D eigenvalue weighted by molar-refractivity contribution is -0.127. The van der Waals surface area contributed by atoms with Crippen LogP contribution in [0.4, 0.5) is 0 Å². The fraction of sp³-hybridized carbons (Fsp3) is 0.556. The van der Waals surface area contributed by atoms with Gasteiger partial charge in [0, 0.05) is 18.5 Å². The Balaban J connectivity index is 1.46. The number of likely N-dealkylation sites (tertiary alicyclic amines) is 1. The van der Waals surface area contributed by atoms with Crippen molar-refractivity contribution in [2.24, 2.45) is 5.92 Å². The van der Waals surface area contributed by atoms with Gasteiger partial charge in [-0.15, -0.1) is 0 Å². The smallest absolute Gasteiger partial charge is 0.223 e. The van der Waals surface area contributed by atoms with Crippen molar-refractivity contribution in [1.29, 1.82) is 5.26 Å². The molecule has 1 amide bonds. The maximum Gasteiger partial charge on any atom is 0.223 e. The Labute approximate surface area is 132 Å². The second kappa shape index (κ2) is 6.93. The molecule has 1 saturated heterocycles. The van der Waals surface area contributed by atoms with Gasteiger partial charge >= 0.3 is 0 Å². The van der Waals surface area contributed by atoms with Crippen molar-refractivity contribution in [3.8, 4) is 6.07 Å². The number of nitrogens with zero attached hydrogens (tertiary/aromatic N) is 2. The van der Waals surface area contributed by atoms with Gasteiger partial charge in [0.05, 0.1) is 11.6 Å². The lowest BCUT2D eigenvalue weighted by atomic mass is 9.90. The average Bonchev–Trinajstić information content (AvgIpc) is 2.51. The van der Waals surface area contributed by atoms with E-state index < -0.39 is 0 Å². The van der Waals surface area contributed by atoms with Crippen molar-refractivity contribution in [3.63, 3.8) is 0 Å². The van der Waals surface area contributed by atoms with Crippen molar-refractivity contribution >= 4 is 5.91 Å². The molecule has 0 spiro atoms. The zero-order valence-electron chi connectivity index (χ0n) is 12.9. The number of benzene rings is 1. The van der Waals surface area contributed by atoms with Gasteiger partial charge in [-0.2, -0.15) is 5.26 Å². The molecule has 3 rings (SSSR count). The molecule has 0 radical (unpaired) electrons. The molecule has 1 aromatic rings. The molecule has 0 bridgehead atoms. The predicted molar refractivity (Wildman–Crippen MR) is 84.9 cm³/mol. The minimum Gasteiger partial charge on any atom is -0.353 e. The van der Waals surface area contributed by atoms with Gasteiger partial charge in [-0.1, -0.05) is 12.1 Å². The molecule has 0 unspecified atom stereocenters. The molecule has 2 fully saturated rings. The summed E-state index contributed by atoms with van der Waals surface area (Å²) in [6.07, 6.45) is 5.44.